The van der Waals surface area contributed by atoms with Crippen molar-refractivity contribution in [3.63, 3.8) is 0 Å². The molecule has 2 nitrogen and oxygen atoms in total. The van der Waals surface area contributed by atoms with Crippen LogP contribution in [0.2, 0.25) is 0 Å². The first-order chi connectivity index (χ1) is 6.33. The van der Waals surface area contributed by atoms with Gasteiger partial charge in [-0.1, -0.05) is 18.2 Å². The van der Waals surface area contributed by atoms with Crippen molar-refractivity contribution >= 4 is 5.97 Å². The minimum absolute atomic E-state index is 0.186. The van der Waals surface area contributed by atoms with Crippen LogP contribution in [-0.4, -0.2) is 12.6 Å². The minimum atomic E-state index is -0.186. The molecule has 0 aliphatic heterocycles. The second kappa shape index (κ2) is 5.18. The first kappa shape index (κ1) is 9.56. The second-order valence-corrected chi connectivity index (χ2v) is 2.58. The molecular weight excluding hydrogens is 164 g/mol. The molecule has 0 spiro atoms. The number of carbonyl (C=O) groups excluding carboxylic acids is 1. The zero-order valence-electron chi connectivity index (χ0n) is 7.62. The third-order valence-corrected chi connectivity index (χ3v) is 1.55. The molecule has 0 saturated heterocycles. The standard InChI is InChI=1S/C11H12O2/c1-2-13-11(12)9-10-7-5-3-4-6-8-10/h3,5-8H,2,9H2,1H3. The van der Waals surface area contributed by atoms with E-state index in [0.29, 0.717) is 13.0 Å². The number of carbonyl (C=O) groups is 1. The van der Waals surface area contributed by atoms with E-state index in [0.717, 1.165) is 5.57 Å². The number of hydrogen-bond acceptors (Lipinski definition) is 2. The molecule has 13 heavy (non-hydrogen) atoms. The summed E-state index contributed by atoms with van der Waals surface area (Å²) < 4.78 is 4.83. The Labute approximate surface area is 77.9 Å². The Morgan fingerprint density at radius 2 is 2.38 bits per heavy atom. The predicted octanol–water partition coefficient (Wildman–Crippen LogP) is 2.15. The van der Waals surface area contributed by atoms with Gasteiger partial charge in [0.2, 0.25) is 0 Å². The van der Waals surface area contributed by atoms with Gasteiger partial charge in [0.05, 0.1) is 13.0 Å². The van der Waals surface area contributed by atoms with Crippen molar-refractivity contribution in [2.24, 2.45) is 0 Å². The van der Waals surface area contributed by atoms with Crippen LogP contribution in [0, 0.1) is 0 Å². The summed E-state index contributed by atoms with van der Waals surface area (Å²) in [4.78, 5) is 11.1. The van der Waals surface area contributed by atoms with Gasteiger partial charge in [0.15, 0.2) is 0 Å². The van der Waals surface area contributed by atoms with Gasteiger partial charge in [-0.05, 0) is 24.6 Å². The predicted molar refractivity (Wildman–Crippen MR) is 51.1 cm³/mol. The Kier molecular flexibility index (Phi) is 3.80. The van der Waals surface area contributed by atoms with E-state index in [4.69, 9.17) is 4.74 Å². The number of rotatable bonds is 3. The fraction of sp³-hybridized carbons (Fsp3) is 0.273. The van der Waals surface area contributed by atoms with Crippen LogP contribution >= 0.6 is 0 Å². The lowest BCUT2D eigenvalue weighted by Crippen LogP contribution is -2.04. The molecule has 0 N–H and O–H groups in total. The highest BCUT2D eigenvalue weighted by Gasteiger charge is 2.03. The quantitative estimate of drug-likeness (QED) is 0.486. The maximum absolute atomic E-state index is 11.1. The molecule has 0 atom stereocenters. The van der Waals surface area contributed by atoms with Crippen LogP contribution in [0.1, 0.15) is 13.3 Å². The topological polar surface area (TPSA) is 26.3 Å². The SMILES string of the molecule is CCOC(=O)CC1=CC=C=CC=C1. The van der Waals surface area contributed by atoms with Gasteiger partial charge in [0.1, 0.15) is 0 Å². The van der Waals surface area contributed by atoms with Crippen LogP contribution in [0.3, 0.4) is 0 Å². The summed E-state index contributed by atoms with van der Waals surface area (Å²) in [6, 6.07) is 0. The van der Waals surface area contributed by atoms with Crippen LogP contribution < -0.4 is 0 Å². The lowest BCUT2D eigenvalue weighted by atomic mass is 10.1. The van der Waals surface area contributed by atoms with Crippen molar-refractivity contribution in [1.29, 1.82) is 0 Å². The van der Waals surface area contributed by atoms with E-state index in [1.54, 1.807) is 19.1 Å². The van der Waals surface area contributed by atoms with Crippen LogP contribution in [0.4, 0.5) is 0 Å². The maximum Gasteiger partial charge on any atom is 0.310 e. The van der Waals surface area contributed by atoms with Crippen LogP contribution in [0.25, 0.3) is 0 Å². The first-order valence-electron chi connectivity index (χ1n) is 4.27. The number of allylic oxidation sites excluding steroid dienone is 4. The number of esters is 1. The minimum Gasteiger partial charge on any atom is -0.466 e. The van der Waals surface area contributed by atoms with E-state index in [-0.39, 0.29) is 5.97 Å². The molecule has 2 heteroatoms. The highest BCUT2D eigenvalue weighted by atomic mass is 16.5. The molecule has 0 unspecified atom stereocenters. The summed E-state index contributed by atoms with van der Waals surface area (Å²) in [5.74, 6) is -0.186. The lowest BCUT2D eigenvalue weighted by molar-refractivity contribution is -0.142. The second-order valence-electron chi connectivity index (χ2n) is 2.58. The van der Waals surface area contributed by atoms with E-state index < -0.39 is 0 Å². The molecule has 0 bridgehead atoms. The molecule has 0 radical (unpaired) electrons. The fourth-order valence-corrected chi connectivity index (χ4v) is 0.990. The average Bonchev–Trinajstić information content (AvgIpc) is 2.33. The van der Waals surface area contributed by atoms with Gasteiger partial charge >= 0.3 is 5.97 Å². The molecule has 0 aromatic carbocycles. The monoisotopic (exact) mass is 176 g/mol. The van der Waals surface area contributed by atoms with Gasteiger partial charge in [0.25, 0.3) is 0 Å². The van der Waals surface area contributed by atoms with Crippen LogP contribution in [0.5, 0.6) is 0 Å². The van der Waals surface area contributed by atoms with Crippen LogP contribution in [-0.2, 0) is 9.53 Å². The summed E-state index contributed by atoms with van der Waals surface area (Å²) in [7, 11) is 0. The molecule has 1 aliphatic rings. The molecule has 0 aromatic heterocycles. The average molecular weight is 176 g/mol. The van der Waals surface area contributed by atoms with Crippen molar-refractivity contribution in [2.45, 2.75) is 13.3 Å². The van der Waals surface area contributed by atoms with Crippen molar-refractivity contribution in [2.75, 3.05) is 6.61 Å². The van der Waals surface area contributed by atoms with Crippen molar-refractivity contribution in [3.8, 4) is 0 Å². The Balaban J connectivity index is 2.50. The first-order valence-corrected chi connectivity index (χ1v) is 4.27. The van der Waals surface area contributed by atoms with E-state index in [1.165, 1.54) is 0 Å². The number of hydrogen-bond donors (Lipinski definition) is 0. The van der Waals surface area contributed by atoms with Crippen molar-refractivity contribution < 1.29 is 9.53 Å². The van der Waals surface area contributed by atoms with Crippen LogP contribution in [0.15, 0.2) is 41.7 Å². The highest BCUT2D eigenvalue weighted by Crippen LogP contribution is 2.07. The largest absolute Gasteiger partial charge is 0.466 e. The summed E-state index contributed by atoms with van der Waals surface area (Å²) >= 11 is 0. The molecular formula is C11H12O2. The molecule has 68 valence electrons. The Morgan fingerprint density at radius 3 is 3.15 bits per heavy atom. The number of ether oxygens (including phenoxy) is 1. The molecule has 0 saturated carbocycles. The Bertz CT molecular complexity index is 302. The summed E-state index contributed by atoms with van der Waals surface area (Å²) in [6.07, 6.45) is 9.51. The smallest absolute Gasteiger partial charge is 0.310 e. The van der Waals surface area contributed by atoms with E-state index in [1.807, 2.05) is 18.2 Å². The van der Waals surface area contributed by atoms with Gasteiger partial charge in [-0.2, -0.15) is 0 Å². The zero-order chi connectivity index (χ0) is 9.52. The van der Waals surface area contributed by atoms with E-state index in [2.05, 4.69) is 5.73 Å². The normalized spacial score (nSPS) is 13.8. The third-order valence-electron chi connectivity index (χ3n) is 1.55. The summed E-state index contributed by atoms with van der Waals surface area (Å²) in [6.45, 7) is 2.24. The summed E-state index contributed by atoms with van der Waals surface area (Å²) in [5.41, 5.74) is 3.86. The Hall–Kier alpha value is -1.53. The molecule has 1 aliphatic carbocycles. The van der Waals surface area contributed by atoms with Gasteiger partial charge in [-0.15, -0.1) is 5.73 Å². The van der Waals surface area contributed by atoms with E-state index in [9.17, 15) is 4.79 Å². The third kappa shape index (κ3) is 3.59. The molecule has 1 rings (SSSR count). The maximum atomic E-state index is 11.1. The molecule has 0 fully saturated rings. The van der Waals surface area contributed by atoms with Gasteiger partial charge in [-0.25, -0.2) is 0 Å². The van der Waals surface area contributed by atoms with Gasteiger partial charge in [-0.3, -0.25) is 4.79 Å². The highest BCUT2D eigenvalue weighted by molar-refractivity contribution is 5.73. The van der Waals surface area contributed by atoms with Gasteiger partial charge in [0, 0.05) is 0 Å². The molecule has 0 aromatic rings. The molecule has 0 amide bonds. The Morgan fingerprint density at radius 1 is 1.54 bits per heavy atom. The summed E-state index contributed by atoms with van der Waals surface area (Å²) in [5, 5.41) is 0. The van der Waals surface area contributed by atoms with Crippen molar-refractivity contribution in [3.05, 3.63) is 41.7 Å². The lowest BCUT2D eigenvalue weighted by Gasteiger charge is -2.00. The molecule has 0 heterocycles. The zero-order valence-corrected chi connectivity index (χ0v) is 7.62. The van der Waals surface area contributed by atoms with E-state index >= 15 is 0 Å². The fourth-order valence-electron chi connectivity index (χ4n) is 0.990. The van der Waals surface area contributed by atoms with Crippen molar-refractivity contribution in [1.82, 2.24) is 0 Å². The van der Waals surface area contributed by atoms with Gasteiger partial charge < -0.3 is 4.74 Å².